The molecule has 0 radical (unpaired) electrons. The molecule has 0 aromatic heterocycles. The van der Waals surface area contributed by atoms with E-state index in [4.69, 9.17) is 8.85 Å². The third-order valence-corrected chi connectivity index (χ3v) is 16.2. The van der Waals surface area contributed by atoms with E-state index in [1.807, 2.05) is 0 Å². The maximum Gasteiger partial charge on any atom is 0.250 e. The Labute approximate surface area is 199 Å². The van der Waals surface area contributed by atoms with Gasteiger partial charge in [-0.25, -0.2) is 0 Å². The summed E-state index contributed by atoms with van der Waals surface area (Å²) in [5, 5.41) is 3.90. The van der Waals surface area contributed by atoms with Crippen molar-refractivity contribution < 1.29 is 8.85 Å². The van der Waals surface area contributed by atoms with Crippen molar-refractivity contribution >= 4 is 28.0 Å². The van der Waals surface area contributed by atoms with Crippen molar-refractivity contribution in [3.8, 4) is 5.75 Å². The molecule has 2 aromatic carbocycles. The first-order valence-corrected chi connectivity index (χ1v) is 17.5. The van der Waals surface area contributed by atoms with Crippen LogP contribution in [-0.2, 0) is 10.0 Å². The van der Waals surface area contributed by atoms with E-state index < -0.39 is 16.6 Å². The molecule has 0 aliphatic carbocycles. The first kappa shape index (κ1) is 26.7. The second-order valence-electron chi connectivity index (χ2n) is 12.5. The lowest BCUT2D eigenvalue weighted by Gasteiger charge is -2.43. The fourth-order valence-electron chi connectivity index (χ4n) is 3.04. The van der Waals surface area contributed by atoms with E-state index in [0.29, 0.717) is 0 Å². The van der Waals surface area contributed by atoms with Gasteiger partial charge >= 0.3 is 0 Å². The van der Waals surface area contributed by atoms with Crippen LogP contribution in [0.2, 0.25) is 36.3 Å². The van der Waals surface area contributed by atoms with E-state index in [9.17, 15) is 0 Å². The van der Waals surface area contributed by atoms with Crippen LogP contribution in [0.4, 0.5) is 11.4 Å². The Morgan fingerprint density at radius 3 is 1.69 bits per heavy atom. The predicted molar refractivity (Wildman–Crippen MR) is 145 cm³/mol. The lowest BCUT2D eigenvalue weighted by Crippen LogP contribution is -2.46. The van der Waals surface area contributed by atoms with Crippen LogP contribution in [0.1, 0.15) is 61.0 Å². The molecule has 2 rings (SSSR count). The van der Waals surface area contributed by atoms with Crippen molar-refractivity contribution in [2.24, 2.45) is 0 Å². The number of rotatable bonds is 7. The van der Waals surface area contributed by atoms with Crippen LogP contribution in [-0.4, -0.2) is 16.6 Å². The molecule has 0 aliphatic rings. The molecule has 5 heteroatoms. The van der Waals surface area contributed by atoms with Crippen molar-refractivity contribution in [1.29, 1.82) is 0 Å². The predicted octanol–water partition coefficient (Wildman–Crippen LogP) is 9.07. The zero-order chi connectivity index (χ0) is 24.6. The largest absolute Gasteiger partial charge is 0.544 e. The minimum Gasteiger partial charge on any atom is -0.544 e. The maximum absolute atomic E-state index is 6.77. The Kier molecular flexibility index (Phi) is 7.50. The van der Waals surface area contributed by atoms with Crippen molar-refractivity contribution in [1.82, 2.24) is 0 Å². The molecule has 0 aliphatic heterocycles. The summed E-state index contributed by atoms with van der Waals surface area (Å²) in [5.41, 5.74) is 2.95. The van der Waals surface area contributed by atoms with Gasteiger partial charge in [0.1, 0.15) is 5.75 Å². The summed E-state index contributed by atoms with van der Waals surface area (Å²) in [6, 6.07) is 16.9. The Morgan fingerprint density at radius 2 is 1.19 bits per heavy atom. The van der Waals surface area contributed by atoms with Crippen molar-refractivity contribution in [3.63, 3.8) is 0 Å². The highest BCUT2D eigenvalue weighted by Crippen LogP contribution is 2.42. The van der Waals surface area contributed by atoms with E-state index in [1.165, 1.54) is 5.56 Å². The summed E-state index contributed by atoms with van der Waals surface area (Å²) in [6.07, 6.45) is 0. The van der Waals surface area contributed by atoms with Crippen molar-refractivity contribution in [2.45, 2.75) is 97.3 Å². The minimum atomic E-state index is -1.89. The van der Waals surface area contributed by atoms with E-state index in [-0.39, 0.29) is 15.7 Å². The van der Waals surface area contributed by atoms with Crippen LogP contribution in [0.5, 0.6) is 5.75 Å². The molecular formula is C27H45NO2Si2. The number of anilines is 2. The van der Waals surface area contributed by atoms with Gasteiger partial charge < -0.3 is 14.2 Å². The molecule has 0 atom stereocenters. The Hall–Kier alpha value is -1.57. The highest BCUT2D eigenvalue weighted by Gasteiger charge is 2.42. The van der Waals surface area contributed by atoms with E-state index in [2.05, 4.69) is 135 Å². The standard InChI is InChI=1S/C27H45NO2Si2/c1-25(2,3)31(9,10)29-24-18-16-22(17-19-24)28-23-15-13-14-21(20-23)27(7,8)30-32(11,12)26(4,5)6/h13-20,28H,1-12H3. The Morgan fingerprint density at radius 1 is 0.656 bits per heavy atom. The van der Waals surface area contributed by atoms with Gasteiger partial charge in [-0.1, -0.05) is 53.7 Å². The molecule has 0 heterocycles. The van der Waals surface area contributed by atoms with E-state index >= 15 is 0 Å². The molecule has 0 fully saturated rings. The zero-order valence-electron chi connectivity index (χ0n) is 22.4. The first-order chi connectivity index (χ1) is 14.3. The molecule has 1 N–H and O–H groups in total. The SMILES string of the molecule is CC(C)(O[Si](C)(C)C(C)(C)C)c1cccc(Nc2ccc(O[Si](C)(C)C(C)(C)C)cc2)c1. The molecule has 0 saturated heterocycles. The highest BCUT2D eigenvalue weighted by atomic mass is 28.4. The van der Waals surface area contributed by atoms with Crippen LogP contribution in [0.15, 0.2) is 48.5 Å². The molecule has 32 heavy (non-hydrogen) atoms. The lowest BCUT2D eigenvalue weighted by molar-refractivity contribution is 0.0902. The quantitative estimate of drug-likeness (QED) is 0.408. The third kappa shape index (κ3) is 6.49. The molecule has 3 nitrogen and oxygen atoms in total. The van der Waals surface area contributed by atoms with Crippen LogP contribution < -0.4 is 9.74 Å². The Balaban J connectivity index is 2.16. The van der Waals surface area contributed by atoms with E-state index in [1.54, 1.807) is 0 Å². The zero-order valence-corrected chi connectivity index (χ0v) is 24.4. The van der Waals surface area contributed by atoms with Gasteiger partial charge in [-0.3, -0.25) is 0 Å². The maximum atomic E-state index is 6.77. The molecule has 0 amide bonds. The fourth-order valence-corrected chi connectivity index (χ4v) is 5.77. The summed E-state index contributed by atoms with van der Waals surface area (Å²) in [7, 11) is -3.72. The smallest absolute Gasteiger partial charge is 0.250 e. The molecule has 0 saturated carbocycles. The number of benzene rings is 2. The molecule has 0 spiro atoms. The van der Waals surface area contributed by atoms with Gasteiger partial charge in [0.2, 0.25) is 8.32 Å². The monoisotopic (exact) mass is 471 g/mol. The normalized spacial score (nSPS) is 13.8. The minimum absolute atomic E-state index is 0.175. The number of hydrogen-bond donors (Lipinski definition) is 1. The lowest BCUT2D eigenvalue weighted by atomic mass is 9.98. The van der Waals surface area contributed by atoms with Crippen LogP contribution in [0, 0.1) is 0 Å². The fraction of sp³-hybridized carbons (Fsp3) is 0.556. The summed E-state index contributed by atoms with van der Waals surface area (Å²) < 4.78 is 13.2. The molecule has 0 unspecified atom stereocenters. The topological polar surface area (TPSA) is 30.5 Å². The summed E-state index contributed by atoms with van der Waals surface area (Å²) >= 11 is 0. The van der Waals surface area contributed by atoms with Gasteiger partial charge in [-0.05, 0) is 92.1 Å². The second-order valence-corrected chi connectivity index (χ2v) is 21.9. The number of nitrogens with one attached hydrogen (secondary N) is 1. The highest BCUT2D eigenvalue weighted by molar-refractivity contribution is 6.75. The van der Waals surface area contributed by atoms with Crippen molar-refractivity contribution in [3.05, 3.63) is 54.1 Å². The molecular weight excluding hydrogens is 426 g/mol. The average Bonchev–Trinajstić information content (AvgIpc) is 2.61. The third-order valence-electron chi connectivity index (χ3n) is 7.20. The average molecular weight is 472 g/mol. The van der Waals surface area contributed by atoms with Gasteiger partial charge in [0.25, 0.3) is 0 Å². The van der Waals surface area contributed by atoms with Crippen molar-refractivity contribution in [2.75, 3.05) is 5.32 Å². The van der Waals surface area contributed by atoms with E-state index in [0.717, 1.165) is 17.1 Å². The summed E-state index contributed by atoms with van der Waals surface area (Å²) in [4.78, 5) is 0. The van der Waals surface area contributed by atoms with Crippen LogP contribution >= 0.6 is 0 Å². The first-order valence-electron chi connectivity index (χ1n) is 11.7. The molecule has 2 aromatic rings. The van der Waals surface area contributed by atoms with Gasteiger partial charge in [0, 0.05) is 11.4 Å². The Bertz CT molecular complexity index is 904. The van der Waals surface area contributed by atoms with Gasteiger partial charge in [-0.15, -0.1) is 0 Å². The summed E-state index contributed by atoms with van der Waals surface area (Å²) in [5.74, 6) is 0.944. The molecule has 178 valence electrons. The van der Waals surface area contributed by atoms with Gasteiger partial charge in [0.05, 0.1) is 5.60 Å². The van der Waals surface area contributed by atoms with Crippen LogP contribution in [0.25, 0.3) is 0 Å². The number of hydrogen-bond acceptors (Lipinski definition) is 3. The van der Waals surface area contributed by atoms with Gasteiger partial charge in [0.15, 0.2) is 8.32 Å². The second kappa shape index (κ2) is 9.00. The van der Waals surface area contributed by atoms with Crippen LogP contribution in [0.3, 0.4) is 0 Å². The summed E-state index contributed by atoms with van der Waals surface area (Å²) in [6.45, 7) is 27.2. The molecule has 0 bridgehead atoms. The van der Waals surface area contributed by atoms with Gasteiger partial charge in [-0.2, -0.15) is 0 Å².